The summed E-state index contributed by atoms with van der Waals surface area (Å²) in [5.41, 5.74) is 1.15. The van der Waals surface area contributed by atoms with Crippen molar-refractivity contribution in [3.05, 3.63) is 50.8 Å². The normalized spacial score (nSPS) is 10.2. The molecule has 1 aromatic carbocycles. The van der Waals surface area contributed by atoms with Crippen LogP contribution < -0.4 is 0 Å². The predicted octanol–water partition coefficient (Wildman–Crippen LogP) is 3.26. The maximum absolute atomic E-state index is 11.1. The summed E-state index contributed by atoms with van der Waals surface area (Å²) in [6.45, 7) is 1.91. The minimum atomic E-state index is -0.523. The van der Waals surface area contributed by atoms with E-state index in [1.54, 1.807) is 24.3 Å². The van der Waals surface area contributed by atoms with Crippen molar-refractivity contribution in [2.24, 2.45) is 0 Å². The zero-order valence-electron chi connectivity index (χ0n) is 10.7. The summed E-state index contributed by atoms with van der Waals surface area (Å²) in [4.78, 5) is 10.6. The van der Waals surface area contributed by atoms with Gasteiger partial charge < -0.3 is 0 Å². The van der Waals surface area contributed by atoms with Crippen LogP contribution in [0.15, 0.2) is 24.3 Å². The van der Waals surface area contributed by atoms with E-state index < -0.39 is 4.92 Å². The minimum absolute atomic E-state index is 0.0476. The summed E-state index contributed by atoms with van der Waals surface area (Å²) in [6.07, 6.45) is 1.20. The summed E-state index contributed by atoms with van der Waals surface area (Å²) < 4.78 is 1.30. The molecular formula is C13H11ClN4O2. The number of rotatable bonds is 4. The average Bonchev–Trinajstić information content (AvgIpc) is 2.76. The van der Waals surface area contributed by atoms with Crippen molar-refractivity contribution in [3.63, 3.8) is 0 Å². The van der Waals surface area contributed by atoms with Gasteiger partial charge in [-0.15, -0.1) is 0 Å². The third-order valence-corrected chi connectivity index (χ3v) is 3.10. The first-order valence-corrected chi connectivity index (χ1v) is 6.38. The van der Waals surface area contributed by atoms with E-state index in [1.807, 2.05) is 13.0 Å². The molecular weight excluding hydrogens is 280 g/mol. The Morgan fingerprint density at radius 1 is 1.55 bits per heavy atom. The SMILES string of the molecule is CCCc1nn(-c2cccc(C#N)c2)c(Cl)c1[N+](=O)[O-]. The number of halogens is 1. The number of aromatic nitrogens is 2. The zero-order valence-corrected chi connectivity index (χ0v) is 11.5. The predicted molar refractivity (Wildman–Crippen MR) is 73.9 cm³/mol. The molecule has 0 unspecified atom stereocenters. The molecule has 0 aliphatic carbocycles. The lowest BCUT2D eigenvalue weighted by Gasteiger charge is -2.02. The Hall–Kier alpha value is -2.39. The van der Waals surface area contributed by atoms with Gasteiger partial charge in [0.15, 0.2) is 0 Å². The van der Waals surface area contributed by atoms with Crippen LogP contribution in [-0.4, -0.2) is 14.7 Å². The van der Waals surface area contributed by atoms with Gasteiger partial charge in [-0.1, -0.05) is 31.0 Å². The van der Waals surface area contributed by atoms with Gasteiger partial charge in [0.25, 0.3) is 0 Å². The number of nitrogens with zero attached hydrogens (tertiary/aromatic N) is 4. The van der Waals surface area contributed by atoms with Crippen LogP contribution in [0, 0.1) is 21.4 Å². The first-order valence-electron chi connectivity index (χ1n) is 6.00. The highest BCUT2D eigenvalue weighted by Crippen LogP contribution is 2.31. The molecule has 0 fully saturated rings. The Morgan fingerprint density at radius 3 is 2.90 bits per heavy atom. The fourth-order valence-corrected chi connectivity index (χ4v) is 2.21. The van der Waals surface area contributed by atoms with Crippen LogP contribution in [-0.2, 0) is 6.42 Å². The molecule has 2 aromatic rings. The summed E-state index contributed by atoms with van der Waals surface area (Å²) in [5, 5.41) is 24.1. The fourth-order valence-electron chi connectivity index (χ4n) is 1.90. The lowest BCUT2D eigenvalue weighted by atomic mass is 10.2. The molecule has 102 valence electrons. The molecule has 1 aromatic heterocycles. The van der Waals surface area contributed by atoms with Crippen molar-refractivity contribution < 1.29 is 4.92 Å². The second-order valence-corrected chi connectivity index (χ2v) is 4.53. The number of benzene rings is 1. The Bertz CT molecular complexity index is 703. The maximum Gasteiger partial charge on any atom is 0.329 e. The molecule has 6 nitrogen and oxygen atoms in total. The average molecular weight is 291 g/mol. The summed E-state index contributed by atoms with van der Waals surface area (Å²) in [7, 11) is 0. The lowest BCUT2D eigenvalue weighted by Crippen LogP contribution is -1.98. The van der Waals surface area contributed by atoms with Crippen LogP contribution >= 0.6 is 11.6 Å². The highest BCUT2D eigenvalue weighted by Gasteiger charge is 2.26. The van der Waals surface area contributed by atoms with Crippen molar-refractivity contribution in [2.45, 2.75) is 19.8 Å². The van der Waals surface area contributed by atoms with Gasteiger partial charge in [0.1, 0.15) is 5.69 Å². The van der Waals surface area contributed by atoms with Crippen LogP contribution in [0.4, 0.5) is 5.69 Å². The summed E-state index contributed by atoms with van der Waals surface area (Å²) in [5.74, 6) is 0. The molecule has 20 heavy (non-hydrogen) atoms. The number of aryl methyl sites for hydroxylation is 1. The first-order chi connectivity index (χ1) is 9.58. The van der Waals surface area contributed by atoms with Crippen LogP contribution in [0.2, 0.25) is 5.15 Å². The van der Waals surface area contributed by atoms with Crippen molar-refractivity contribution >= 4 is 17.3 Å². The van der Waals surface area contributed by atoms with E-state index in [-0.39, 0.29) is 10.8 Å². The first kappa shape index (κ1) is 14.0. The zero-order chi connectivity index (χ0) is 14.7. The van der Waals surface area contributed by atoms with E-state index in [0.717, 1.165) is 6.42 Å². The monoisotopic (exact) mass is 290 g/mol. The molecule has 0 aliphatic heterocycles. The summed E-state index contributed by atoms with van der Waals surface area (Å²) >= 11 is 6.07. The van der Waals surface area contributed by atoms with Crippen LogP contribution in [0.1, 0.15) is 24.6 Å². The second-order valence-electron chi connectivity index (χ2n) is 4.17. The van der Waals surface area contributed by atoms with Crippen LogP contribution in [0.3, 0.4) is 0 Å². The molecule has 0 aliphatic rings. The van der Waals surface area contributed by atoms with Gasteiger partial charge in [-0.05, 0) is 24.6 Å². The fraction of sp³-hybridized carbons (Fsp3) is 0.231. The number of nitriles is 1. The molecule has 0 saturated heterocycles. The third-order valence-electron chi connectivity index (χ3n) is 2.76. The van der Waals surface area contributed by atoms with Crippen LogP contribution in [0.5, 0.6) is 0 Å². The van der Waals surface area contributed by atoms with Gasteiger partial charge >= 0.3 is 5.69 Å². The number of nitro groups is 1. The van der Waals surface area contributed by atoms with E-state index >= 15 is 0 Å². The van der Waals surface area contributed by atoms with Gasteiger partial charge in [-0.25, -0.2) is 4.68 Å². The Morgan fingerprint density at radius 2 is 2.30 bits per heavy atom. The van der Waals surface area contributed by atoms with Crippen molar-refractivity contribution in [3.8, 4) is 11.8 Å². The largest absolute Gasteiger partial charge is 0.329 e. The molecule has 7 heteroatoms. The standard InChI is InChI=1S/C13H11ClN4O2/c1-2-4-11-12(18(19)20)13(14)17(16-11)10-6-3-5-9(7-10)8-15/h3,5-7H,2,4H2,1H3. The van der Waals surface area contributed by atoms with Crippen molar-refractivity contribution in [1.29, 1.82) is 5.26 Å². The van der Waals surface area contributed by atoms with E-state index in [4.69, 9.17) is 16.9 Å². The molecule has 1 heterocycles. The van der Waals surface area contributed by atoms with E-state index in [0.29, 0.717) is 23.4 Å². The highest BCUT2D eigenvalue weighted by molar-refractivity contribution is 6.32. The Labute approximate surface area is 120 Å². The Kier molecular flexibility index (Phi) is 4.01. The molecule has 0 amide bonds. The molecule has 0 bridgehead atoms. The summed E-state index contributed by atoms with van der Waals surface area (Å²) in [6, 6.07) is 8.60. The van der Waals surface area contributed by atoms with Crippen molar-refractivity contribution in [2.75, 3.05) is 0 Å². The number of hydrogen-bond donors (Lipinski definition) is 0. The minimum Gasteiger partial charge on any atom is -0.258 e. The highest BCUT2D eigenvalue weighted by atomic mass is 35.5. The van der Waals surface area contributed by atoms with Crippen LogP contribution in [0.25, 0.3) is 5.69 Å². The molecule has 0 saturated carbocycles. The lowest BCUT2D eigenvalue weighted by molar-refractivity contribution is -0.385. The van der Waals surface area contributed by atoms with E-state index in [2.05, 4.69) is 5.10 Å². The smallest absolute Gasteiger partial charge is 0.258 e. The van der Waals surface area contributed by atoms with Gasteiger partial charge in [0.2, 0.25) is 5.15 Å². The molecule has 0 N–H and O–H groups in total. The van der Waals surface area contributed by atoms with Gasteiger partial charge in [-0.3, -0.25) is 10.1 Å². The van der Waals surface area contributed by atoms with E-state index in [9.17, 15) is 10.1 Å². The quantitative estimate of drug-likeness (QED) is 0.639. The van der Waals surface area contributed by atoms with Gasteiger partial charge in [0, 0.05) is 0 Å². The van der Waals surface area contributed by atoms with Gasteiger partial charge in [0.05, 0.1) is 22.2 Å². The van der Waals surface area contributed by atoms with Gasteiger partial charge in [-0.2, -0.15) is 10.4 Å². The second kappa shape index (κ2) is 5.72. The van der Waals surface area contributed by atoms with Crippen molar-refractivity contribution in [1.82, 2.24) is 9.78 Å². The number of hydrogen-bond acceptors (Lipinski definition) is 4. The molecule has 0 spiro atoms. The molecule has 0 atom stereocenters. The Balaban J connectivity index is 2.60. The molecule has 2 rings (SSSR count). The third kappa shape index (κ3) is 2.49. The molecule has 0 radical (unpaired) electrons. The topological polar surface area (TPSA) is 84.8 Å². The van der Waals surface area contributed by atoms with E-state index in [1.165, 1.54) is 4.68 Å². The maximum atomic E-state index is 11.1.